The molecule has 810 valence electrons. The van der Waals surface area contributed by atoms with Crippen molar-refractivity contribution in [2.75, 3.05) is 406 Å². The van der Waals surface area contributed by atoms with Crippen molar-refractivity contribution in [1.29, 1.82) is 0 Å². The summed E-state index contributed by atoms with van der Waals surface area (Å²) in [4.78, 5) is 53.3. The zero-order valence-corrected chi connectivity index (χ0v) is 89.1. The number of carbonyl (C=O) groups excluding carboxylic acids is 1. The average molecular weight is 1930 g/mol. The molecule has 0 spiro atoms. The highest BCUT2D eigenvalue weighted by molar-refractivity contribution is 5.67. The van der Waals surface area contributed by atoms with E-state index in [-0.39, 0.29) is 6.09 Å². The molecule has 1 amide bonds. The Balaban J connectivity index is 8.19. The van der Waals surface area contributed by atoms with Gasteiger partial charge in [-0.25, -0.2) is 4.79 Å². The van der Waals surface area contributed by atoms with Crippen molar-refractivity contribution in [3.8, 4) is 0 Å². The van der Waals surface area contributed by atoms with E-state index in [1.165, 1.54) is 0 Å². The van der Waals surface area contributed by atoms with Crippen molar-refractivity contribution in [1.82, 2.24) is 78.8 Å². The van der Waals surface area contributed by atoms with Gasteiger partial charge >= 0.3 is 6.09 Å². The standard InChI is InChI=1S/C101H234N32O2/c1-101(2,3)135-100(134)118-54-6-4-5-7-55-119(72-24-82-128(92-34-96-130(84-26-74-120(56-8-38-102)57-9-39-103)85-27-75-121(58-10-40-104)59-11-41-105)93-35-97-131(86-28-76-122(60-12-42-106)61-13-43-107)87-29-77-123(62-14-44-108)63-15-45-109)73-25-83-129(94-36-98-132(88-30-78-124(64-16-46-110)65-17-47-111)89-31-79-125(66-18-48-112)67-19-49-113)95-37-99-133(90-32-80-126(68-20-50-114)69-21-51-115)91-33-81-127(70-22-52-116)71-23-53-117/h4-99,102-117H2,1-3H3,(H,118,134). The number of hydrogen-bond acceptors (Lipinski definition) is 33. The van der Waals surface area contributed by atoms with Gasteiger partial charge in [0.2, 0.25) is 0 Å². The van der Waals surface area contributed by atoms with Crippen LogP contribution in [0.1, 0.15) is 239 Å². The minimum absolute atomic E-state index is 0.338. The maximum Gasteiger partial charge on any atom is 0.407 e. The number of carbonyl (C=O) groups is 1. The molecule has 34 heteroatoms. The summed E-state index contributed by atoms with van der Waals surface area (Å²) in [6.45, 7) is 65.0. The minimum atomic E-state index is -0.536. The fourth-order valence-electron chi connectivity index (χ4n) is 18.6. The number of nitrogens with zero attached hydrogens (tertiary/aromatic N) is 15. The summed E-state index contributed by atoms with van der Waals surface area (Å²) in [7, 11) is 0. The summed E-state index contributed by atoms with van der Waals surface area (Å²) in [6.07, 6.45) is 35.6. The molecule has 0 radical (unpaired) electrons. The predicted molar refractivity (Wildman–Crippen MR) is 583 cm³/mol. The van der Waals surface area contributed by atoms with Gasteiger partial charge in [0.1, 0.15) is 5.60 Å². The molecule has 0 aromatic rings. The number of alkyl carbamates (subject to hydrolysis) is 1. The Kier molecular flexibility index (Phi) is 99.2. The largest absolute Gasteiger partial charge is 0.444 e. The molecule has 0 saturated heterocycles. The van der Waals surface area contributed by atoms with Gasteiger partial charge in [-0.2, -0.15) is 0 Å². The summed E-state index contributed by atoms with van der Waals surface area (Å²) in [5, 5.41) is 3.04. The molecule has 34 nitrogen and oxygen atoms in total. The molecule has 0 aromatic carbocycles. The lowest BCUT2D eigenvalue weighted by atomic mass is 10.1. The lowest BCUT2D eigenvalue weighted by molar-refractivity contribution is 0.0526. The molecular weight excluding hydrogens is 1690 g/mol. The summed E-state index contributed by atoms with van der Waals surface area (Å²) < 4.78 is 5.63. The topological polar surface area (TPSA) is 503 Å². The maximum absolute atomic E-state index is 12.8. The number of rotatable bonds is 111. The third-order valence-corrected chi connectivity index (χ3v) is 26.2. The zero-order valence-electron chi connectivity index (χ0n) is 89.1. The van der Waals surface area contributed by atoms with Crippen molar-refractivity contribution in [3.05, 3.63) is 0 Å². The van der Waals surface area contributed by atoms with E-state index in [1.54, 1.807) is 0 Å². The Morgan fingerprint density at radius 2 is 0.252 bits per heavy atom. The number of ether oxygens (including phenoxy) is 1. The molecule has 33 N–H and O–H groups in total. The predicted octanol–water partition coefficient (Wildman–Crippen LogP) is 2.64. The van der Waals surface area contributed by atoms with Crippen LogP contribution in [0.25, 0.3) is 0 Å². The molecule has 0 heterocycles. The lowest BCUT2D eigenvalue weighted by Gasteiger charge is -2.31. The van der Waals surface area contributed by atoms with E-state index in [4.69, 9.17) is 96.5 Å². The molecule has 0 aliphatic rings. The van der Waals surface area contributed by atoms with Crippen LogP contribution in [0.4, 0.5) is 4.79 Å². The smallest absolute Gasteiger partial charge is 0.407 e. The number of nitrogens with one attached hydrogen (secondary N) is 1. The number of hydrogen-bond donors (Lipinski definition) is 17. The van der Waals surface area contributed by atoms with Gasteiger partial charge in [0.15, 0.2) is 0 Å². The van der Waals surface area contributed by atoms with Gasteiger partial charge in [-0.05, 0) is 625 Å². The SMILES string of the molecule is CC(C)(C)OC(=O)NCCCCCCN(CCCN(CCCN(CCCN(CCCN)CCCN)CCCN(CCCN)CCCN)CCCN(CCCN(CCCN)CCCN)CCCN(CCCN)CCCN)CCCN(CCCN(CCCN(CCCN)CCCN)CCCN(CCCN)CCCN)CCCN(CCCN(CCCN)CCCN)CCCN(CCCN)CCCN. The monoisotopic (exact) mass is 1930 g/mol. The molecule has 135 heavy (non-hydrogen) atoms. The highest BCUT2D eigenvalue weighted by Crippen LogP contribution is 2.15. The summed E-state index contributed by atoms with van der Waals surface area (Å²) >= 11 is 0. The molecule has 0 aliphatic carbocycles. The Morgan fingerprint density at radius 1 is 0.156 bits per heavy atom. The van der Waals surface area contributed by atoms with Crippen LogP contribution >= 0.6 is 0 Å². The van der Waals surface area contributed by atoms with Gasteiger partial charge in [-0.15, -0.1) is 0 Å². The van der Waals surface area contributed by atoms with E-state index in [9.17, 15) is 4.79 Å². The second-order valence-corrected chi connectivity index (χ2v) is 39.7. The third-order valence-electron chi connectivity index (χ3n) is 26.2. The third kappa shape index (κ3) is 86.1. The Morgan fingerprint density at radius 3 is 0.356 bits per heavy atom. The second kappa shape index (κ2) is 101. The quantitative estimate of drug-likeness (QED) is 0.0389. The number of nitrogens with two attached hydrogens (primary N) is 16. The van der Waals surface area contributed by atoms with Gasteiger partial charge in [0.05, 0.1) is 0 Å². The Labute approximate surface area is 832 Å². The first-order valence-corrected chi connectivity index (χ1v) is 56.0. The lowest BCUT2D eigenvalue weighted by Crippen LogP contribution is -2.39. The van der Waals surface area contributed by atoms with E-state index < -0.39 is 5.60 Å². The van der Waals surface area contributed by atoms with Crippen LogP contribution in [0.3, 0.4) is 0 Å². The van der Waals surface area contributed by atoms with E-state index in [1.807, 2.05) is 20.8 Å². The maximum atomic E-state index is 12.8. The summed E-state index contributed by atoms with van der Waals surface area (Å²) in [5.41, 5.74) is 97.3. The van der Waals surface area contributed by atoms with Crippen LogP contribution < -0.4 is 97.1 Å². The van der Waals surface area contributed by atoms with Crippen molar-refractivity contribution in [2.45, 2.75) is 245 Å². The van der Waals surface area contributed by atoms with Crippen molar-refractivity contribution in [2.24, 2.45) is 91.7 Å². The molecule has 0 saturated carbocycles. The first-order chi connectivity index (χ1) is 65.9. The molecule has 0 aromatic heterocycles. The van der Waals surface area contributed by atoms with Gasteiger partial charge in [-0.3, -0.25) is 0 Å². The van der Waals surface area contributed by atoms with Gasteiger partial charge in [-0.1, -0.05) is 12.8 Å². The highest BCUT2D eigenvalue weighted by atomic mass is 16.6. The Hall–Kier alpha value is -1.97. The van der Waals surface area contributed by atoms with E-state index in [2.05, 4.69) is 78.8 Å². The van der Waals surface area contributed by atoms with Crippen molar-refractivity contribution >= 4 is 6.09 Å². The van der Waals surface area contributed by atoms with Crippen LogP contribution in [0.15, 0.2) is 0 Å². The van der Waals surface area contributed by atoms with Crippen LogP contribution in [0.2, 0.25) is 0 Å². The fourth-order valence-corrected chi connectivity index (χ4v) is 18.6. The molecule has 0 atom stereocenters. The molecule has 0 fully saturated rings. The fraction of sp³-hybridized carbons (Fsp3) is 0.990. The van der Waals surface area contributed by atoms with Gasteiger partial charge in [0.25, 0.3) is 0 Å². The van der Waals surface area contributed by atoms with E-state index in [0.717, 1.165) is 513 Å². The van der Waals surface area contributed by atoms with Gasteiger partial charge in [0, 0.05) is 6.54 Å². The number of unbranched alkanes of at least 4 members (excludes halogenated alkanes) is 3. The van der Waals surface area contributed by atoms with Crippen LogP contribution in [0.5, 0.6) is 0 Å². The Bertz CT molecular complexity index is 1940. The molecule has 0 bridgehead atoms. The van der Waals surface area contributed by atoms with E-state index >= 15 is 0 Å². The molecule has 0 aliphatic heterocycles. The van der Waals surface area contributed by atoms with Crippen LogP contribution in [-0.2, 0) is 4.74 Å². The first kappa shape index (κ1) is 133. The summed E-state index contributed by atoms with van der Waals surface area (Å²) in [5.74, 6) is 0. The minimum Gasteiger partial charge on any atom is -0.444 e. The average Bonchev–Trinajstić information content (AvgIpc) is 0.938. The number of amides is 1. The summed E-state index contributed by atoms with van der Waals surface area (Å²) in [6, 6.07) is 0. The van der Waals surface area contributed by atoms with Crippen molar-refractivity contribution < 1.29 is 9.53 Å². The van der Waals surface area contributed by atoms with Crippen LogP contribution in [0, 0.1) is 0 Å². The first-order valence-electron chi connectivity index (χ1n) is 56.0. The van der Waals surface area contributed by atoms with Gasteiger partial charge < -0.3 is 175 Å². The van der Waals surface area contributed by atoms with E-state index in [0.29, 0.717) is 111 Å². The highest BCUT2D eigenvalue weighted by Gasteiger charge is 2.22. The van der Waals surface area contributed by atoms with Crippen molar-refractivity contribution in [3.63, 3.8) is 0 Å². The zero-order chi connectivity index (χ0) is 99.0. The van der Waals surface area contributed by atoms with Crippen LogP contribution in [-0.4, -0.2) is 491 Å². The second-order valence-electron chi connectivity index (χ2n) is 39.7. The molecule has 0 unspecified atom stereocenters. The normalized spacial score (nSPS) is 12.6. The molecular formula is C101H234N32O2. The molecule has 0 rings (SSSR count).